The van der Waals surface area contributed by atoms with Crippen molar-refractivity contribution in [3.63, 3.8) is 0 Å². The fourth-order valence-corrected chi connectivity index (χ4v) is 3.34. The number of hydrogen-bond acceptors (Lipinski definition) is 5. The van der Waals surface area contributed by atoms with Crippen LogP contribution in [0.25, 0.3) is 0 Å². The normalized spacial score (nSPS) is 18.3. The van der Waals surface area contributed by atoms with Crippen molar-refractivity contribution in [2.24, 2.45) is 5.73 Å². The van der Waals surface area contributed by atoms with Crippen molar-refractivity contribution in [3.8, 4) is 0 Å². The standard InChI is InChI=1S/C22H37N3O3/c1-22(2,3)28-21(26)25(20-10-14-27-15-11-20)13-5-12-24-17-19-7-4-6-18(16-23)8-9-19/h6-9,20,24H,4-5,10-17,23H2,1-3H3. The highest BCUT2D eigenvalue weighted by Gasteiger charge is 2.29. The monoisotopic (exact) mass is 391 g/mol. The largest absolute Gasteiger partial charge is 0.444 e. The number of ether oxygens (including phenoxy) is 2. The van der Waals surface area contributed by atoms with Gasteiger partial charge in [-0.15, -0.1) is 0 Å². The average Bonchev–Trinajstić information content (AvgIpc) is 2.89. The predicted octanol–water partition coefficient (Wildman–Crippen LogP) is 3.15. The molecule has 0 atom stereocenters. The summed E-state index contributed by atoms with van der Waals surface area (Å²) >= 11 is 0. The van der Waals surface area contributed by atoms with Crippen molar-refractivity contribution >= 4 is 6.09 Å². The van der Waals surface area contributed by atoms with Gasteiger partial charge in [-0.3, -0.25) is 0 Å². The summed E-state index contributed by atoms with van der Waals surface area (Å²) in [4.78, 5) is 14.6. The summed E-state index contributed by atoms with van der Waals surface area (Å²) in [6, 6.07) is 0.205. The van der Waals surface area contributed by atoms with Gasteiger partial charge in [0.05, 0.1) is 0 Å². The minimum atomic E-state index is -0.479. The molecule has 158 valence electrons. The van der Waals surface area contributed by atoms with Crippen LogP contribution in [0.3, 0.4) is 0 Å². The average molecular weight is 392 g/mol. The molecule has 1 aliphatic carbocycles. The highest BCUT2D eigenvalue weighted by atomic mass is 16.6. The molecule has 6 nitrogen and oxygen atoms in total. The Labute approximate surface area is 169 Å². The van der Waals surface area contributed by atoms with Crippen LogP contribution in [0.1, 0.15) is 46.5 Å². The molecule has 1 heterocycles. The van der Waals surface area contributed by atoms with Crippen molar-refractivity contribution in [2.75, 3.05) is 39.4 Å². The Morgan fingerprint density at radius 1 is 1.25 bits per heavy atom. The topological polar surface area (TPSA) is 76.8 Å². The minimum absolute atomic E-state index is 0.205. The molecule has 1 fully saturated rings. The van der Waals surface area contributed by atoms with Crippen LogP contribution in [-0.4, -0.2) is 62.0 Å². The lowest BCUT2D eigenvalue weighted by Crippen LogP contribution is -2.46. The van der Waals surface area contributed by atoms with E-state index in [-0.39, 0.29) is 12.1 Å². The van der Waals surface area contributed by atoms with E-state index in [4.69, 9.17) is 15.2 Å². The number of nitrogens with zero attached hydrogens (tertiary/aromatic N) is 1. The van der Waals surface area contributed by atoms with Crippen molar-refractivity contribution in [3.05, 3.63) is 35.5 Å². The molecule has 0 unspecified atom stereocenters. The molecule has 2 aliphatic rings. The molecular formula is C22H37N3O3. The number of nitrogens with two attached hydrogens (primary N) is 1. The van der Waals surface area contributed by atoms with E-state index in [0.717, 1.165) is 38.8 Å². The molecular weight excluding hydrogens is 354 g/mol. The van der Waals surface area contributed by atoms with Crippen LogP contribution in [0.4, 0.5) is 4.79 Å². The van der Waals surface area contributed by atoms with Gasteiger partial charge in [0.2, 0.25) is 0 Å². The van der Waals surface area contributed by atoms with E-state index in [9.17, 15) is 4.79 Å². The molecule has 3 N–H and O–H groups in total. The van der Waals surface area contributed by atoms with Crippen LogP contribution in [0.2, 0.25) is 0 Å². The van der Waals surface area contributed by atoms with Gasteiger partial charge in [0.25, 0.3) is 0 Å². The van der Waals surface area contributed by atoms with Crippen LogP contribution in [0, 0.1) is 0 Å². The summed E-state index contributed by atoms with van der Waals surface area (Å²) in [5.41, 5.74) is 7.67. The molecule has 0 aromatic carbocycles. The number of amides is 1. The zero-order valence-corrected chi connectivity index (χ0v) is 17.7. The lowest BCUT2D eigenvalue weighted by molar-refractivity contribution is -0.00579. The number of carbonyl (C=O) groups excluding carboxylic acids is 1. The quantitative estimate of drug-likeness (QED) is 0.622. The summed E-state index contributed by atoms with van der Waals surface area (Å²) in [7, 11) is 0. The zero-order valence-electron chi connectivity index (χ0n) is 17.7. The first-order chi connectivity index (χ1) is 13.4. The van der Waals surface area contributed by atoms with Gasteiger partial charge in [-0.05, 0) is 64.1 Å². The third kappa shape index (κ3) is 8.17. The van der Waals surface area contributed by atoms with Gasteiger partial charge >= 0.3 is 6.09 Å². The van der Waals surface area contributed by atoms with Gasteiger partial charge in [-0.25, -0.2) is 4.79 Å². The van der Waals surface area contributed by atoms with Crippen LogP contribution < -0.4 is 11.1 Å². The van der Waals surface area contributed by atoms with Crippen LogP contribution in [0.15, 0.2) is 35.5 Å². The highest BCUT2D eigenvalue weighted by molar-refractivity contribution is 5.68. The third-order valence-electron chi connectivity index (χ3n) is 4.85. The smallest absolute Gasteiger partial charge is 0.410 e. The van der Waals surface area contributed by atoms with Gasteiger partial charge in [0.15, 0.2) is 0 Å². The van der Waals surface area contributed by atoms with Gasteiger partial charge < -0.3 is 25.4 Å². The van der Waals surface area contributed by atoms with E-state index < -0.39 is 5.60 Å². The molecule has 1 aliphatic heterocycles. The number of allylic oxidation sites excluding steroid dienone is 2. The Hall–Kier alpha value is -1.63. The first-order valence-corrected chi connectivity index (χ1v) is 10.4. The summed E-state index contributed by atoms with van der Waals surface area (Å²) < 4.78 is 11.1. The first-order valence-electron chi connectivity index (χ1n) is 10.4. The summed E-state index contributed by atoms with van der Waals surface area (Å²) in [5, 5.41) is 3.48. The second-order valence-electron chi connectivity index (χ2n) is 8.38. The van der Waals surface area contributed by atoms with E-state index in [1.807, 2.05) is 25.7 Å². The Morgan fingerprint density at radius 3 is 2.61 bits per heavy atom. The van der Waals surface area contributed by atoms with E-state index in [1.54, 1.807) is 0 Å². The molecule has 1 amide bonds. The maximum Gasteiger partial charge on any atom is 0.410 e. The van der Waals surface area contributed by atoms with Gasteiger partial charge in [0.1, 0.15) is 5.60 Å². The zero-order chi connectivity index (χ0) is 20.4. The molecule has 1 saturated heterocycles. The molecule has 0 aromatic heterocycles. The molecule has 2 rings (SSSR count). The summed E-state index contributed by atoms with van der Waals surface area (Å²) in [5.74, 6) is 0. The molecule has 6 heteroatoms. The van der Waals surface area contributed by atoms with Crippen molar-refractivity contribution in [2.45, 2.75) is 58.1 Å². The summed E-state index contributed by atoms with van der Waals surface area (Å²) in [6.07, 6.45) is 12.0. The maximum atomic E-state index is 12.7. The SMILES string of the molecule is CC(C)(C)OC(=O)N(CCCNCC1=CCC=C(CN)C=C1)C1CCOCC1. The molecule has 0 bridgehead atoms. The lowest BCUT2D eigenvalue weighted by atomic mass is 10.1. The number of rotatable bonds is 8. The van der Waals surface area contributed by atoms with Crippen molar-refractivity contribution in [1.29, 1.82) is 0 Å². The minimum Gasteiger partial charge on any atom is -0.444 e. The van der Waals surface area contributed by atoms with Gasteiger partial charge in [-0.2, -0.15) is 0 Å². The molecule has 0 saturated carbocycles. The van der Waals surface area contributed by atoms with E-state index in [0.29, 0.717) is 26.3 Å². The van der Waals surface area contributed by atoms with Gasteiger partial charge in [0, 0.05) is 38.9 Å². The Bertz CT molecular complexity index is 584. The molecule has 0 spiro atoms. The van der Waals surface area contributed by atoms with Crippen molar-refractivity contribution < 1.29 is 14.3 Å². The van der Waals surface area contributed by atoms with Crippen LogP contribution in [0.5, 0.6) is 0 Å². The fourth-order valence-electron chi connectivity index (χ4n) is 3.34. The second-order valence-corrected chi connectivity index (χ2v) is 8.38. The Balaban J connectivity index is 1.78. The van der Waals surface area contributed by atoms with E-state index in [2.05, 4.69) is 29.6 Å². The third-order valence-corrected chi connectivity index (χ3v) is 4.85. The Morgan fingerprint density at radius 2 is 1.93 bits per heavy atom. The molecule has 28 heavy (non-hydrogen) atoms. The van der Waals surface area contributed by atoms with Crippen LogP contribution >= 0.6 is 0 Å². The molecule has 0 radical (unpaired) electrons. The number of nitrogens with one attached hydrogen (secondary N) is 1. The number of carbonyl (C=O) groups is 1. The fraction of sp³-hybridized carbons (Fsp3) is 0.682. The predicted molar refractivity (Wildman–Crippen MR) is 113 cm³/mol. The first kappa shape index (κ1) is 22.7. The van der Waals surface area contributed by atoms with Crippen LogP contribution in [-0.2, 0) is 9.47 Å². The highest BCUT2D eigenvalue weighted by Crippen LogP contribution is 2.19. The second kappa shape index (κ2) is 11.4. The van der Waals surface area contributed by atoms with Crippen molar-refractivity contribution in [1.82, 2.24) is 10.2 Å². The summed E-state index contributed by atoms with van der Waals surface area (Å²) in [6.45, 7) is 10.1. The van der Waals surface area contributed by atoms with E-state index in [1.165, 1.54) is 11.1 Å². The van der Waals surface area contributed by atoms with Gasteiger partial charge in [-0.1, -0.05) is 24.3 Å². The maximum absolute atomic E-state index is 12.7. The van der Waals surface area contributed by atoms with E-state index >= 15 is 0 Å². The number of hydrogen-bond donors (Lipinski definition) is 2. The molecule has 0 aromatic rings. The Kier molecular flexibility index (Phi) is 9.22. The lowest BCUT2D eigenvalue weighted by Gasteiger charge is -2.35.